The fourth-order valence-corrected chi connectivity index (χ4v) is 3.76. The van der Waals surface area contributed by atoms with Crippen molar-refractivity contribution in [2.24, 2.45) is 11.8 Å². The van der Waals surface area contributed by atoms with Gasteiger partial charge in [0.05, 0.1) is 16.1 Å². The molecule has 1 N–H and O–H groups in total. The molecule has 0 radical (unpaired) electrons. The highest BCUT2D eigenvalue weighted by Gasteiger charge is 2.37. The summed E-state index contributed by atoms with van der Waals surface area (Å²) in [6, 6.07) is 5.82. The molecule has 2 atom stereocenters. The van der Waals surface area contributed by atoms with Gasteiger partial charge in [-0.3, -0.25) is 9.59 Å². The molecule has 6 nitrogen and oxygen atoms in total. The summed E-state index contributed by atoms with van der Waals surface area (Å²) in [5.41, 5.74) is 0.367. The molecule has 1 amide bonds. The predicted octanol–water partition coefficient (Wildman–Crippen LogP) is 1.66. The lowest BCUT2D eigenvalue weighted by Crippen LogP contribution is -2.30. The molecule has 0 aliphatic carbocycles. The molecule has 0 saturated carbocycles. The van der Waals surface area contributed by atoms with Crippen LogP contribution in [-0.2, 0) is 14.6 Å². The van der Waals surface area contributed by atoms with Gasteiger partial charge in [-0.25, -0.2) is 8.42 Å². The Morgan fingerprint density at radius 2 is 1.74 bits per heavy atom. The van der Waals surface area contributed by atoms with E-state index in [2.05, 4.69) is 0 Å². The zero-order valence-electron chi connectivity index (χ0n) is 13.4. The van der Waals surface area contributed by atoms with Gasteiger partial charge in [0.2, 0.25) is 0 Å². The first-order chi connectivity index (χ1) is 10.6. The van der Waals surface area contributed by atoms with Crippen LogP contribution in [0.2, 0.25) is 0 Å². The maximum Gasteiger partial charge on any atom is 0.308 e. The first-order valence-electron chi connectivity index (χ1n) is 7.50. The van der Waals surface area contributed by atoms with Crippen molar-refractivity contribution in [1.29, 1.82) is 0 Å². The van der Waals surface area contributed by atoms with Crippen LogP contribution in [0.5, 0.6) is 0 Å². The van der Waals surface area contributed by atoms with E-state index in [1.807, 2.05) is 6.92 Å². The number of hydrogen-bond donors (Lipinski definition) is 1. The molecule has 7 heteroatoms. The number of amides is 1. The summed E-state index contributed by atoms with van der Waals surface area (Å²) in [6.07, 6.45) is 0. The summed E-state index contributed by atoms with van der Waals surface area (Å²) < 4.78 is 24.1. The van der Waals surface area contributed by atoms with Gasteiger partial charge in [0, 0.05) is 18.7 Å². The van der Waals surface area contributed by atoms with Crippen LogP contribution in [0.1, 0.15) is 31.1 Å². The zero-order chi connectivity index (χ0) is 17.4. The maximum atomic E-state index is 12.4. The average Bonchev–Trinajstić information content (AvgIpc) is 2.88. The third-order valence-corrected chi connectivity index (χ3v) is 6.44. The van der Waals surface area contributed by atoms with Crippen molar-refractivity contribution < 1.29 is 23.1 Å². The van der Waals surface area contributed by atoms with E-state index in [-0.39, 0.29) is 23.3 Å². The van der Waals surface area contributed by atoms with Crippen LogP contribution in [0.3, 0.4) is 0 Å². The third-order valence-electron chi connectivity index (χ3n) is 4.27. The molecule has 1 heterocycles. The van der Waals surface area contributed by atoms with Crippen LogP contribution in [0, 0.1) is 11.8 Å². The third kappa shape index (κ3) is 3.39. The lowest BCUT2D eigenvalue weighted by Gasteiger charge is -2.16. The van der Waals surface area contributed by atoms with Crippen molar-refractivity contribution in [3.63, 3.8) is 0 Å². The number of benzene rings is 1. The Balaban J connectivity index is 2.18. The van der Waals surface area contributed by atoms with E-state index in [4.69, 9.17) is 5.11 Å². The summed E-state index contributed by atoms with van der Waals surface area (Å²) in [5.74, 6) is -1.82. The fourth-order valence-electron chi connectivity index (χ4n) is 2.70. The normalized spacial score (nSPS) is 21.7. The van der Waals surface area contributed by atoms with Crippen LogP contribution in [0.25, 0.3) is 0 Å². The van der Waals surface area contributed by atoms with E-state index in [9.17, 15) is 18.0 Å². The van der Waals surface area contributed by atoms with Crippen LogP contribution in [0.4, 0.5) is 0 Å². The smallest absolute Gasteiger partial charge is 0.308 e. The van der Waals surface area contributed by atoms with Crippen LogP contribution >= 0.6 is 0 Å². The second-order valence-corrected chi connectivity index (χ2v) is 8.75. The Morgan fingerprint density at radius 1 is 1.17 bits per heavy atom. The van der Waals surface area contributed by atoms with Gasteiger partial charge in [-0.1, -0.05) is 6.92 Å². The van der Waals surface area contributed by atoms with Gasteiger partial charge in [0.1, 0.15) is 0 Å². The van der Waals surface area contributed by atoms with Crippen molar-refractivity contribution in [3.05, 3.63) is 29.8 Å². The van der Waals surface area contributed by atoms with E-state index in [0.29, 0.717) is 12.1 Å². The highest BCUT2D eigenvalue weighted by atomic mass is 32.2. The molecule has 1 aromatic rings. The van der Waals surface area contributed by atoms with E-state index in [1.54, 1.807) is 13.8 Å². The number of carbonyl (C=O) groups is 2. The molecule has 0 spiro atoms. The van der Waals surface area contributed by atoms with Gasteiger partial charge in [-0.2, -0.15) is 0 Å². The van der Waals surface area contributed by atoms with Crippen molar-refractivity contribution in [2.45, 2.75) is 30.9 Å². The van der Waals surface area contributed by atoms with E-state index in [1.165, 1.54) is 29.2 Å². The molecule has 2 rings (SSSR count). The number of carboxylic acid groups (broad SMARTS) is 1. The number of hydrogen-bond acceptors (Lipinski definition) is 4. The van der Waals surface area contributed by atoms with Crippen molar-refractivity contribution >= 4 is 21.7 Å². The molecule has 1 saturated heterocycles. The summed E-state index contributed by atoms with van der Waals surface area (Å²) in [5, 5.41) is 8.60. The molecular formula is C16H21NO5S. The first-order valence-corrected chi connectivity index (χ1v) is 9.05. The zero-order valence-corrected chi connectivity index (χ0v) is 14.2. The van der Waals surface area contributed by atoms with Crippen molar-refractivity contribution in [1.82, 2.24) is 4.90 Å². The Morgan fingerprint density at radius 3 is 2.17 bits per heavy atom. The van der Waals surface area contributed by atoms with Crippen LogP contribution in [0.15, 0.2) is 29.2 Å². The molecule has 0 aromatic heterocycles. The Hall–Kier alpha value is -1.89. The first kappa shape index (κ1) is 17.5. The second-order valence-electron chi connectivity index (χ2n) is 6.25. The monoisotopic (exact) mass is 339 g/mol. The van der Waals surface area contributed by atoms with Gasteiger partial charge < -0.3 is 10.0 Å². The largest absolute Gasteiger partial charge is 0.481 e. The van der Waals surface area contributed by atoms with E-state index < -0.39 is 27.0 Å². The maximum absolute atomic E-state index is 12.4. The molecule has 1 aliphatic heterocycles. The highest BCUT2D eigenvalue weighted by Crippen LogP contribution is 2.25. The summed E-state index contributed by atoms with van der Waals surface area (Å²) >= 11 is 0. The fraction of sp³-hybridized carbons (Fsp3) is 0.500. The number of carboxylic acids is 1. The Bertz CT molecular complexity index is 708. The quantitative estimate of drug-likeness (QED) is 0.901. The lowest BCUT2D eigenvalue weighted by molar-refractivity contribution is -0.142. The Labute approximate surface area is 136 Å². The second kappa shape index (κ2) is 6.31. The molecule has 126 valence electrons. The van der Waals surface area contributed by atoms with Crippen LogP contribution in [-0.4, -0.2) is 48.6 Å². The lowest BCUT2D eigenvalue weighted by atomic mass is 9.99. The summed E-state index contributed by atoms with van der Waals surface area (Å²) in [7, 11) is -3.37. The number of carbonyl (C=O) groups excluding carboxylic acids is 1. The van der Waals surface area contributed by atoms with Crippen molar-refractivity contribution in [2.75, 3.05) is 13.1 Å². The van der Waals surface area contributed by atoms with Gasteiger partial charge in [0.25, 0.3) is 5.91 Å². The van der Waals surface area contributed by atoms with E-state index in [0.717, 1.165) is 0 Å². The molecule has 0 bridgehead atoms. The standard InChI is InChI=1S/C16H21NO5S/c1-10(2)23(21,22)13-6-4-12(5-7-13)15(18)17-8-11(3)14(9-17)16(19)20/h4-7,10-11,14H,8-9H2,1-3H3,(H,19,20)/t11-,14-/m1/s1. The molecule has 1 aromatic carbocycles. The van der Waals surface area contributed by atoms with Gasteiger partial charge >= 0.3 is 5.97 Å². The van der Waals surface area contributed by atoms with Crippen molar-refractivity contribution in [3.8, 4) is 0 Å². The molecule has 1 aliphatic rings. The number of aliphatic carboxylic acids is 1. The minimum absolute atomic E-state index is 0.1000. The predicted molar refractivity (Wildman–Crippen MR) is 85.0 cm³/mol. The highest BCUT2D eigenvalue weighted by molar-refractivity contribution is 7.92. The minimum Gasteiger partial charge on any atom is -0.481 e. The van der Waals surface area contributed by atoms with E-state index >= 15 is 0 Å². The van der Waals surface area contributed by atoms with Gasteiger partial charge in [-0.05, 0) is 44.0 Å². The minimum atomic E-state index is -3.37. The molecule has 0 unspecified atom stereocenters. The molecule has 23 heavy (non-hydrogen) atoms. The Kier molecular flexibility index (Phi) is 4.79. The topological polar surface area (TPSA) is 91.8 Å². The molecule has 1 fully saturated rings. The number of sulfone groups is 1. The number of likely N-dealkylation sites (tertiary alicyclic amines) is 1. The van der Waals surface area contributed by atoms with Gasteiger partial charge in [-0.15, -0.1) is 0 Å². The summed E-state index contributed by atoms with van der Waals surface area (Å²) in [4.78, 5) is 25.3. The van der Waals surface area contributed by atoms with Crippen LogP contribution < -0.4 is 0 Å². The van der Waals surface area contributed by atoms with Gasteiger partial charge in [0.15, 0.2) is 9.84 Å². The molecular weight excluding hydrogens is 318 g/mol. The average molecular weight is 339 g/mol. The number of nitrogens with zero attached hydrogens (tertiary/aromatic N) is 1. The SMILES string of the molecule is CC(C)S(=O)(=O)c1ccc(C(=O)N2C[C@@H](C)[C@H](C(=O)O)C2)cc1. The number of rotatable bonds is 4. The summed E-state index contributed by atoms with van der Waals surface area (Å²) in [6.45, 7) is 5.59.